The van der Waals surface area contributed by atoms with E-state index in [-0.39, 0.29) is 0 Å². The van der Waals surface area contributed by atoms with Crippen molar-refractivity contribution in [2.24, 2.45) is 0 Å². The maximum atomic E-state index is 5.85. The van der Waals surface area contributed by atoms with Gasteiger partial charge in [-0.1, -0.05) is 66.1 Å². The summed E-state index contributed by atoms with van der Waals surface area (Å²) in [6, 6.07) is 7.64. The second-order valence-electron chi connectivity index (χ2n) is 4.14. The predicted octanol–water partition coefficient (Wildman–Crippen LogP) is 5.94. The molecule has 0 spiro atoms. The quantitative estimate of drug-likeness (QED) is 0.601. The molecule has 0 bridgehead atoms. The summed E-state index contributed by atoms with van der Waals surface area (Å²) in [5.74, 6) is 6.48. The highest BCUT2D eigenvalue weighted by Crippen LogP contribution is 2.21. The van der Waals surface area contributed by atoms with Gasteiger partial charge in [0.2, 0.25) is 0 Å². The van der Waals surface area contributed by atoms with E-state index in [9.17, 15) is 0 Å². The third-order valence-corrected chi connectivity index (χ3v) is 3.63. The molecule has 0 aliphatic heterocycles. The number of halogens is 2. The Kier molecular flexibility index (Phi) is 7.16. The summed E-state index contributed by atoms with van der Waals surface area (Å²) in [4.78, 5) is 0. The van der Waals surface area contributed by atoms with Gasteiger partial charge in [0.05, 0.1) is 0 Å². The Hall–Kier alpha value is -0.710. The lowest BCUT2D eigenvalue weighted by molar-refractivity contribution is 0.893. The molecule has 96 valence electrons. The largest absolute Gasteiger partial charge is 0.0843 e. The van der Waals surface area contributed by atoms with E-state index in [0.29, 0.717) is 0 Å². The van der Waals surface area contributed by atoms with Crippen LogP contribution >= 0.6 is 27.5 Å². The molecule has 0 saturated heterocycles. The van der Waals surface area contributed by atoms with Gasteiger partial charge in [0.25, 0.3) is 0 Å². The summed E-state index contributed by atoms with van der Waals surface area (Å²) < 4.78 is 1.24. The molecule has 18 heavy (non-hydrogen) atoms. The lowest BCUT2D eigenvalue weighted by Crippen LogP contribution is -1.85. The summed E-state index contributed by atoms with van der Waals surface area (Å²) >= 11 is 9.50. The third-order valence-electron chi connectivity index (χ3n) is 2.50. The van der Waals surface area contributed by atoms with Crippen molar-refractivity contribution < 1.29 is 0 Å². The smallest absolute Gasteiger partial charge is 0.0406 e. The van der Waals surface area contributed by atoms with Gasteiger partial charge in [-0.2, -0.15) is 0 Å². The van der Waals surface area contributed by atoms with Crippen LogP contribution in [-0.4, -0.2) is 0 Å². The van der Waals surface area contributed by atoms with E-state index in [1.807, 2.05) is 24.3 Å². The molecular formula is C16H18BrCl. The van der Waals surface area contributed by atoms with Gasteiger partial charge in [-0.15, -0.1) is 0 Å². The Balaban J connectivity index is 2.91. The minimum atomic E-state index is 0.747. The van der Waals surface area contributed by atoms with Crippen molar-refractivity contribution >= 4 is 27.5 Å². The van der Waals surface area contributed by atoms with E-state index in [0.717, 1.165) is 36.3 Å². The van der Waals surface area contributed by atoms with Crippen LogP contribution in [0.4, 0.5) is 0 Å². The Morgan fingerprint density at radius 3 is 2.28 bits per heavy atom. The normalized spacial score (nSPS) is 11.6. The second-order valence-corrected chi connectivity index (χ2v) is 5.53. The second kappa shape index (κ2) is 8.40. The first-order chi connectivity index (χ1) is 8.67. The van der Waals surface area contributed by atoms with Crippen LogP contribution in [0.3, 0.4) is 0 Å². The molecule has 0 aliphatic rings. The number of hydrogen-bond acceptors (Lipinski definition) is 0. The maximum Gasteiger partial charge on any atom is 0.0406 e. The number of rotatable bonds is 4. The van der Waals surface area contributed by atoms with Crippen LogP contribution < -0.4 is 0 Å². The zero-order valence-corrected chi connectivity index (χ0v) is 13.2. The van der Waals surface area contributed by atoms with Crippen LogP contribution in [0.2, 0.25) is 5.02 Å². The summed E-state index contributed by atoms with van der Waals surface area (Å²) in [5, 5.41) is 0.747. The highest BCUT2D eigenvalue weighted by molar-refractivity contribution is 9.11. The molecule has 0 saturated carbocycles. The van der Waals surface area contributed by atoms with Crippen molar-refractivity contribution in [2.45, 2.75) is 39.5 Å². The number of benzene rings is 1. The first-order valence-electron chi connectivity index (χ1n) is 6.32. The van der Waals surface area contributed by atoms with E-state index in [2.05, 4.69) is 41.6 Å². The number of allylic oxidation sites excluding steroid dienone is 2. The fourth-order valence-electron chi connectivity index (χ4n) is 1.57. The molecule has 0 heterocycles. The molecule has 0 aromatic heterocycles. The van der Waals surface area contributed by atoms with Crippen LogP contribution in [-0.2, 0) is 0 Å². The summed E-state index contributed by atoms with van der Waals surface area (Å²) in [7, 11) is 0. The zero-order valence-electron chi connectivity index (χ0n) is 10.9. The van der Waals surface area contributed by atoms with Crippen LogP contribution in [0.1, 0.15) is 45.1 Å². The van der Waals surface area contributed by atoms with Gasteiger partial charge < -0.3 is 0 Å². The minimum absolute atomic E-state index is 0.747. The van der Waals surface area contributed by atoms with Gasteiger partial charge in [0, 0.05) is 20.6 Å². The van der Waals surface area contributed by atoms with E-state index in [1.165, 1.54) is 10.1 Å². The number of hydrogen-bond donors (Lipinski definition) is 0. The first-order valence-corrected chi connectivity index (χ1v) is 7.49. The van der Waals surface area contributed by atoms with Crippen LogP contribution in [0.15, 0.2) is 34.3 Å². The molecule has 0 nitrogen and oxygen atoms in total. The van der Waals surface area contributed by atoms with E-state index in [1.54, 1.807) is 0 Å². The fraction of sp³-hybridized carbons (Fsp3) is 0.375. The van der Waals surface area contributed by atoms with Crippen molar-refractivity contribution in [1.29, 1.82) is 0 Å². The van der Waals surface area contributed by atoms with E-state index in [4.69, 9.17) is 11.6 Å². The molecule has 0 fully saturated rings. The molecule has 0 atom stereocenters. The summed E-state index contributed by atoms with van der Waals surface area (Å²) in [6.07, 6.45) is 4.34. The Bertz CT molecular complexity index is 460. The average molecular weight is 326 g/mol. The van der Waals surface area contributed by atoms with Gasteiger partial charge >= 0.3 is 0 Å². The average Bonchev–Trinajstić information content (AvgIpc) is 2.36. The van der Waals surface area contributed by atoms with Gasteiger partial charge in [0.15, 0.2) is 0 Å². The maximum absolute atomic E-state index is 5.85. The van der Waals surface area contributed by atoms with Gasteiger partial charge in [-0.3, -0.25) is 0 Å². The van der Waals surface area contributed by atoms with Crippen molar-refractivity contribution in [2.75, 3.05) is 0 Å². The lowest BCUT2D eigenvalue weighted by atomic mass is 10.1. The SMILES string of the molecule is CCC/C(Br)=C(/C#Cc1ccc(Cl)cc1)CCC. The van der Waals surface area contributed by atoms with Crippen LogP contribution in [0, 0.1) is 11.8 Å². The van der Waals surface area contributed by atoms with Crippen LogP contribution in [0.5, 0.6) is 0 Å². The summed E-state index contributed by atoms with van der Waals surface area (Å²) in [5.41, 5.74) is 2.22. The Morgan fingerprint density at radius 1 is 1.11 bits per heavy atom. The van der Waals surface area contributed by atoms with E-state index >= 15 is 0 Å². The summed E-state index contributed by atoms with van der Waals surface area (Å²) in [6.45, 7) is 4.35. The lowest BCUT2D eigenvalue weighted by Gasteiger charge is -2.02. The standard InChI is InChI=1S/C16H18BrCl/c1-3-5-14(16(17)6-4-2)10-7-13-8-11-15(18)12-9-13/h8-9,11-12H,3-6H2,1-2H3/b16-14-. The molecule has 1 aromatic rings. The molecule has 1 aromatic carbocycles. The van der Waals surface area contributed by atoms with Crippen molar-refractivity contribution in [3.63, 3.8) is 0 Å². The zero-order chi connectivity index (χ0) is 13.4. The molecule has 0 N–H and O–H groups in total. The third kappa shape index (κ3) is 5.29. The van der Waals surface area contributed by atoms with Crippen molar-refractivity contribution in [3.05, 3.63) is 44.9 Å². The van der Waals surface area contributed by atoms with Gasteiger partial charge in [-0.25, -0.2) is 0 Å². The molecule has 0 amide bonds. The highest BCUT2D eigenvalue weighted by Gasteiger charge is 1.99. The Labute approximate surface area is 124 Å². The van der Waals surface area contributed by atoms with Gasteiger partial charge in [0.1, 0.15) is 0 Å². The Morgan fingerprint density at radius 2 is 1.72 bits per heavy atom. The van der Waals surface area contributed by atoms with E-state index < -0.39 is 0 Å². The molecule has 0 radical (unpaired) electrons. The molecule has 0 aliphatic carbocycles. The molecular weight excluding hydrogens is 308 g/mol. The topological polar surface area (TPSA) is 0 Å². The van der Waals surface area contributed by atoms with Crippen LogP contribution in [0.25, 0.3) is 0 Å². The fourth-order valence-corrected chi connectivity index (χ4v) is 2.39. The van der Waals surface area contributed by atoms with Crippen molar-refractivity contribution in [1.82, 2.24) is 0 Å². The molecule has 2 heteroatoms. The monoisotopic (exact) mass is 324 g/mol. The van der Waals surface area contributed by atoms with Crippen molar-refractivity contribution in [3.8, 4) is 11.8 Å². The first kappa shape index (κ1) is 15.3. The highest BCUT2D eigenvalue weighted by atomic mass is 79.9. The molecule has 0 unspecified atom stereocenters. The minimum Gasteiger partial charge on any atom is -0.0843 e. The van der Waals surface area contributed by atoms with Gasteiger partial charge in [-0.05, 0) is 37.1 Å². The molecule has 1 rings (SSSR count). The predicted molar refractivity (Wildman–Crippen MR) is 84.1 cm³/mol.